The summed E-state index contributed by atoms with van der Waals surface area (Å²) in [7, 11) is 0. The molecule has 0 aliphatic heterocycles. The van der Waals surface area contributed by atoms with Gasteiger partial charge in [-0.05, 0) is 28.7 Å². The van der Waals surface area contributed by atoms with E-state index in [1.807, 2.05) is 36.4 Å². The van der Waals surface area contributed by atoms with Gasteiger partial charge in [0.1, 0.15) is 18.5 Å². The quantitative estimate of drug-likeness (QED) is 0.440. The van der Waals surface area contributed by atoms with Crippen LogP contribution in [0.25, 0.3) is 5.57 Å². The van der Waals surface area contributed by atoms with Crippen molar-refractivity contribution in [3.8, 4) is 0 Å². The fourth-order valence-electron chi connectivity index (χ4n) is 3.76. The first-order valence-corrected chi connectivity index (χ1v) is 10.0. The van der Waals surface area contributed by atoms with Crippen LogP contribution in [-0.2, 0) is 22.7 Å². The summed E-state index contributed by atoms with van der Waals surface area (Å²) in [5, 5.41) is 0. The van der Waals surface area contributed by atoms with E-state index < -0.39 is 0 Å². The van der Waals surface area contributed by atoms with Gasteiger partial charge in [0.2, 0.25) is 0 Å². The molecule has 0 aromatic heterocycles. The van der Waals surface area contributed by atoms with E-state index in [9.17, 15) is 0 Å². The van der Waals surface area contributed by atoms with Gasteiger partial charge < -0.3 is 9.47 Å². The maximum absolute atomic E-state index is 6.41. The van der Waals surface area contributed by atoms with E-state index in [1.54, 1.807) is 0 Å². The van der Waals surface area contributed by atoms with Crippen LogP contribution in [-0.4, -0.2) is 0 Å². The molecule has 28 heavy (non-hydrogen) atoms. The Kier molecular flexibility index (Phi) is 5.89. The Bertz CT molecular complexity index is 929. The smallest absolute Gasteiger partial charge is 0.141 e. The predicted molar refractivity (Wildman–Crippen MR) is 113 cm³/mol. The first-order chi connectivity index (χ1) is 13.9. The molecule has 0 N–H and O–H groups in total. The van der Waals surface area contributed by atoms with Crippen molar-refractivity contribution in [2.24, 2.45) is 0 Å². The van der Waals surface area contributed by atoms with Gasteiger partial charge in [-0.1, -0.05) is 98.3 Å². The third-order valence-corrected chi connectivity index (χ3v) is 5.10. The molecule has 0 saturated heterocycles. The van der Waals surface area contributed by atoms with Gasteiger partial charge in [-0.3, -0.25) is 0 Å². The van der Waals surface area contributed by atoms with Gasteiger partial charge in [0.05, 0.1) is 6.61 Å². The maximum Gasteiger partial charge on any atom is 0.141 e. The molecule has 2 nitrogen and oxygen atoms in total. The average Bonchev–Trinajstić information content (AvgIpc) is 3.05. The number of ether oxygens (including phenoxy) is 2. The van der Waals surface area contributed by atoms with Crippen molar-refractivity contribution >= 4 is 5.57 Å². The zero-order valence-electron chi connectivity index (χ0n) is 16.3. The summed E-state index contributed by atoms with van der Waals surface area (Å²) in [5.41, 5.74) is 6.11. The average molecular weight is 370 g/mol. The van der Waals surface area contributed by atoms with E-state index in [4.69, 9.17) is 9.47 Å². The molecule has 0 saturated carbocycles. The minimum atomic E-state index is -0.151. The Morgan fingerprint density at radius 3 is 2.00 bits per heavy atom. The summed E-state index contributed by atoms with van der Waals surface area (Å²) >= 11 is 0. The van der Waals surface area contributed by atoms with Crippen LogP contribution in [0.4, 0.5) is 0 Å². The Hall–Kier alpha value is -2.84. The summed E-state index contributed by atoms with van der Waals surface area (Å²) in [6.07, 6.45) is 1.92. The molecule has 0 amide bonds. The molecule has 1 aliphatic rings. The molecule has 3 aromatic carbocycles. The fourth-order valence-corrected chi connectivity index (χ4v) is 3.76. The standard InChI is InChI=1S/C26H26O2/c1-2-11-23-22-16-9-10-17-24(22)26(28-19-21-14-7-4-8-15-21)25(23)27-18-20-12-5-3-6-13-20/h3-10,12-17,26H,2,11,18-19H2,1H3. The van der Waals surface area contributed by atoms with Crippen molar-refractivity contribution < 1.29 is 9.47 Å². The van der Waals surface area contributed by atoms with Crippen LogP contribution >= 0.6 is 0 Å². The summed E-state index contributed by atoms with van der Waals surface area (Å²) in [4.78, 5) is 0. The van der Waals surface area contributed by atoms with Gasteiger partial charge in [0, 0.05) is 5.57 Å². The van der Waals surface area contributed by atoms with E-state index in [0.717, 1.165) is 18.6 Å². The number of hydrogen-bond acceptors (Lipinski definition) is 2. The van der Waals surface area contributed by atoms with E-state index in [1.165, 1.54) is 27.8 Å². The highest BCUT2D eigenvalue weighted by molar-refractivity contribution is 5.76. The molecule has 3 aromatic rings. The second-order valence-corrected chi connectivity index (χ2v) is 7.13. The lowest BCUT2D eigenvalue weighted by atomic mass is 10.0. The van der Waals surface area contributed by atoms with E-state index in [0.29, 0.717) is 13.2 Å². The zero-order chi connectivity index (χ0) is 19.2. The van der Waals surface area contributed by atoms with Crippen LogP contribution in [0.2, 0.25) is 0 Å². The largest absolute Gasteiger partial charge is 0.490 e. The molecule has 2 heteroatoms. The first kappa shape index (κ1) is 18.5. The number of allylic oxidation sites excluding steroid dienone is 1. The number of benzene rings is 3. The van der Waals surface area contributed by atoms with Crippen LogP contribution in [0.1, 0.15) is 48.1 Å². The molecule has 0 fully saturated rings. The molecule has 142 valence electrons. The lowest BCUT2D eigenvalue weighted by Crippen LogP contribution is -2.08. The Morgan fingerprint density at radius 1 is 0.714 bits per heavy atom. The van der Waals surface area contributed by atoms with Crippen molar-refractivity contribution in [3.63, 3.8) is 0 Å². The first-order valence-electron chi connectivity index (χ1n) is 10.0. The summed E-state index contributed by atoms with van der Waals surface area (Å²) in [6, 6.07) is 29.2. The predicted octanol–water partition coefficient (Wildman–Crippen LogP) is 6.69. The lowest BCUT2D eigenvalue weighted by Gasteiger charge is -2.19. The van der Waals surface area contributed by atoms with Crippen LogP contribution in [0.5, 0.6) is 0 Å². The van der Waals surface area contributed by atoms with Crippen molar-refractivity contribution in [2.45, 2.75) is 39.1 Å². The second-order valence-electron chi connectivity index (χ2n) is 7.13. The Balaban J connectivity index is 1.61. The van der Waals surface area contributed by atoms with Crippen molar-refractivity contribution in [2.75, 3.05) is 0 Å². The number of fused-ring (bicyclic) bond motifs is 1. The van der Waals surface area contributed by atoms with Crippen LogP contribution in [0.3, 0.4) is 0 Å². The van der Waals surface area contributed by atoms with Crippen LogP contribution in [0.15, 0.2) is 90.7 Å². The molecule has 1 atom stereocenters. The van der Waals surface area contributed by atoms with Gasteiger partial charge in [0.25, 0.3) is 0 Å². The molecule has 0 spiro atoms. The van der Waals surface area contributed by atoms with Gasteiger partial charge >= 0.3 is 0 Å². The molecule has 0 heterocycles. The van der Waals surface area contributed by atoms with Gasteiger partial charge in [0.15, 0.2) is 0 Å². The molecule has 1 unspecified atom stereocenters. The second kappa shape index (κ2) is 8.90. The molecule has 0 bridgehead atoms. The molecular weight excluding hydrogens is 344 g/mol. The molecule has 1 aliphatic carbocycles. The van der Waals surface area contributed by atoms with Crippen molar-refractivity contribution in [3.05, 3.63) is 113 Å². The summed E-state index contributed by atoms with van der Waals surface area (Å²) in [5.74, 6) is 0.975. The normalized spacial score (nSPS) is 15.5. The highest BCUT2D eigenvalue weighted by Crippen LogP contribution is 2.45. The fraction of sp³-hybridized carbons (Fsp3) is 0.231. The van der Waals surface area contributed by atoms with Gasteiger partial charge in [-0.15, -0.1) is 0 Å². The third-order valence-electron chi connectivity index (χ3n) is 5.10. The van der Waals surface area contributed by atoms with Crippen LogP contribution < -0.4 is 0 Å². The minimum absolute atomic E-state index is 0.151. The minimum Gasteiger partial charge on any atom is -0.490 e. The van der Waals surface area contributed by atoms with E-state index >= 15 is 0 Å². The maximum atomic E-state index is 6.41. The molecule has 0 radical (unpaired) electrons. The van der Waals surface area contributed by atoms with Gasteiger partial charge in [-0.2, -0.15) is 0 Å². The lowest BCUT2D eigenvalue weighted by molar-refractivity contribution is 0.0183. The monoisotopic (exact) mass is 370 g/mol. The SMILES string of the molecule is CCCC1=C(OCc2ccccc2)C(OCc2ccccc2)c2ccccc21. The highest BCUT2D eigenvalue weighted by atomic mass is 16.5. The topological polar surface area (TPSA) is 18.5 Å². The third kappa shape index (κ3) is 4.02. The van der Waals surface area contributed by atoms with Crippen molar-refractivity contribution in [1.29, 1.82) is 0 Å². The number of hydrogen-bond donors (Lipinski definition) is 0. The number of rotatable bonds is 8. The Labute approximate surface area is 167 Å². The van der Waals surface area contributed by atoms with Crippen molar-refractivity contribution in [1.82, 2.24) is 0 Å². The van der Waals surface area contributed by atoms with E-state index in [-0.39, 0.29) is 6.10 Å². The molecule has 4 rings (SSSR count). The highest BCUT2D eigenvalue weighted by Gasteiger charge is 2.33. The Morgan fingerprint density at radius 2 is 1.32 bits per heavy atom. The van der Waals surface area contributed by atoms with Crippen LogP contribution in [0, 0.1) is 0 Å². The summed E-state index contributed by atoms with van der Waals surface area (Å²) in [6.45, 7) is 3.34. The molecular formula is C26H26O2. The summed E-state index contributed by atoms with van der Waals surface area (Å²) < 4.78 is 12.8. The zero-order valence-corrected chi connectivity index (χ0v) is 16.3. The van der Waals surface area contributed by atoms with Gasteiger partial charge in [-0.25, -0.2) is 0 Å². The van der Waals surface area contributed by atoms with E-state index in [2.05, 4.69) is 55.5 Å².